The Morgan fingerprint density at radius 2 is 1.83 bits per heavy atom. The maximum absolute atomic E-state index is 12.7. The standard InChI is InChI=1S/C24H33N3O3/c1-17-22(18(2)26(4)25-17)10-11-23(28)30-19(3)24(29)27-14-12-21(13-15-27)16-20-8-6-5-7-9-20/h5-9,19,21H,10-16H2,1-4H3. The lowest BCUT2D eigenvalue weighted by atomic mass is 9.90. The summed E-state index contributed by atoms with van der Waals surface area (Å²) in [5.74, 6) is 0.174. The number of benzene rings is 1. The molecule has 0 aliphatic carbocycles. The quantitative estimate of drug-likeness (QED) is 0.655. The highest BCUT2D eigenvalue weighted by molar-refractivity contribution is 5.83. The van der Waals surface area contributed by atoms with Crippen LogP contribution in [0.15, 0.2) is 30.3 Å². The Bertz CT molecular complexity index is 867. The number of hydrogen-bond donors (Lipinski definition) is 0. The Hall–Kier alpha value is -2.63. The van der Waals surface area contributed by atoms with Crippen LogP contribution < -0.4 is 0 Å². The Labute approximate surface area is 179 Å². The molecule has 2 aromatic rings. The molecule has 2 heterocycles. The topological polar surface area (TPSA) is 64.4 Å². The van der Waals surface area contributed by atoms with Crippen molar-refractivity contribution in [1.29, 1.82) is 0 Å². The molecule has 0 saturated carbocycles. The molecule has 0 N–H and O–H groups in total. The second-order valence-electron chi connectivity index (χ2n) is 8.36. The van der Waals surface area contributed by atoms with Crippen LogP contribution in [0.4, 0.5) is 0 Å². The van der Waals surface area contributed by atoms with E-state index in [2.05, 4.69) is 29.4 Å². The Balaban J connectivity index is 1.42. The largest absolute Gasteiger partial charge is 0.453 e. The number of nitrogens with zero attached hydrogens (tertiary/aromatic N) is 3. The van der Waals surface area contributed by atoms with E-state index in [-0.39, 0.29) is 18.3 Å². The minimum absolute atomic E-state index is 0.0877. The smallest absolute Gasteiger partial charge is 0.306 e. The Kier molecular flexibility index (Phi) is 7.29. The third kappa shape index (κ3) is 5.49. The SMILES string of the molecule is Cc1nn(C)c(C)c1CCC(=O)OC(C)C(=O)N1CCC(Cc2ccccc2)CC1. The normalized spacial score (nSPS) is 15.8. The van der Waals surface area contributed by atoms with Gasteiger partial charge in [-0.05, 0) is 63.5 Å². The van der Waals surface area contributed by atoms with Gasteiger partial charge in [-0.1, -0.05) is 30.3 Å². The third-order valence-corrected chi connectivity index (χ3v) is 6.19. The lowest BCUT2D eigenvalue weighted by Crippen LogP contribution is -2.44. The van der Waals surface area contributed by atoms with Crippen LogP contribution in [-0.4, -0.2) is 45.8 Å². The highest BCUT2D eigenvalue weighted by Crippen LogP contribution is 2.22. The van der Waals surface area contributed by atoms with E-state index in [1.807, 2.05) is 36.5 Å². The van der Waals surface area contributed by atoms with Gasteiger partial charge in [0.25, 0.3) is 5.91 Å². The number of ether oxygens (including phenoxy) is 1. The zero-order valence-electron chi connectivity index (χ0n) is 18.6. The summed E-state index contributed by atoms with van der Waals surface area (Å²) in [7, 11) is 1.90. The first-order valence-corrected chi connectivity index (χ1v) is 10.9. The van der Waals surface area contributed by atoms with E-state index in [0.717, 1.165) is 49.3 Å². The van der Waals surface area contributed by atoms with Gasteiger partial charge in [0.15, 0.2) is 6.10 Å². The summed E-state index contributed by atoms with van der Waals surface area (Å²) in [5, 5.41) is 4.38. The molecule has 1 atom stereocenters. The fourth-order valence-electron chi connectivity index (χ4n) is 4.27. The molecule has 0 spiro atoms. The van der Waals surface area contributed by atoms with Crippen LogP contribution in [0.1, 0.15) is 48.7 Å². The molecule has 6 nitrogen and oxygen atoms in total. The van der Waals surface area contributed by atoms with Gasteiger partial charge in [0.2, 0.25) is 0 Å². The number of carbonyl (C=O) groups is 2. The minimum atomic E-state index is -0.737. The number of hydrogen-bond acceptors (Lipinski definition) is 4. The van der Waals surface area contributed by atoms with Crippen molar-refractivity contribution in [3.63, 3.8) is 0 Å². The van der Waals surface area contributed by atoms with Crippen molar-refractivity contribution in [2.75, 3.05) is 13.1 Å². The minimum Gasteiger partial charge on any atom is -0.453 e. The zero-order chi connectivity index (χ0) is 21.7. The number of aromatic nitrogens is 2. The number of carbonyl (C=O) groups excluding carboxylic acids is 2. The maximum atomic E-state index is 12.7. The first kappa shape index (κ1) is 22.1. The zero-order valence-corrected chi connectivity index (χ0v) is 18.6. The predicted octanol–water partition coefficient (Wildman–Crippen LogP) is 3.38. The van der Waals surface area contributed by atoms with Gasteiger partial charge in [-0.15, -0.1) is 0 Å². The molecule has 1 aliphatic rings. The molecule has 1 aliphatic heterocycles. The molecule has 6 heteroatoms. The number of amides is 1. The summed E-state index contributed by atoms with van der Waals surface area (Å²) in [4.78, 5) is 26.8. The van der Waals surface area contributed by atoms with Gasteiger partial charge in [0.05, 0.1) is 5.69 Å². The van der Waals surface area contributed by atoms with Crippen LogP contribution in [0, 0.1) is 19.8 Å². The second-order valence-corrected chi connectivity index (χ2v) is 8.36. The Morgan fingerprint density at radius 1 is 1.17 bits per heavy atom. The van der Waals surface area contributed by atoms with Crippen LogP contribution in [-0.2, 0) is 34.2 Å². The average molecular weight is 412 g/mol. The monoisotopic (exact) mass is 411 g/mol. The van der Waals surface area contributed by atoms with Crippen molar-refractivity contribution in [3.05, 3.63) is 52.8 Å². The molecule has 1 aromatic heterocycles. The predicted molar refractivity (Wildman–Crippen MR) is 116 cm³/mol. The van der Waals surface area contributed by atoms with E-state index in [9.17, 15) is 9.59 Å². The molecular formula is C24H33N3O3. The molecule has 0 radical (unpaired) electrons. The van der Waals surface area contributed by atoms with Crippen molar-refractivity contribution in [1.82, 2.24) is 14.7 Å². The molecular weight excluding hydrogens is 378 g/mol. The second kappa shape index (κ2) is 9.92. The number of aryl methyl sites for hydroxylation is 2. The Morgan fingerprint density at radius 3 is 2.43 bits per heavy atom. The van der Waals surface area contributed by atoms with Gasteiger partial charge in [-0.25, -0.2) is 0 Å². The number of esters is 1. The number of rotatable bonds is 7. The molecule has 0 bridgehead atoms. The van der Waals surface area contributed by atoms with E-state index >= 15 is 0 Å². The molecule has 1 saturated heterocycles. The lowest BCUT2D eigenvalue weighted by molar-refractivity contribution is -0.159. The van der Waals surface area contributed by atoms with Crippen LogP contribution in [0.3, 0.4) is 0 Å². The number of likely N-dealkylation sites (tertiary alicyclic amines) is 1. The molecule has 1 fully saturated rings. The van der Waals surface area contributed by atoms with Gasteiger partial charge in [0.1, 0.15) is 0 Å². The highest BCUT2D eigenvalue weighted by atomic mass is 16.5. The van der Waals surface area contributed by atoms with Gasteiger partial charge in [0, 0.05) is 32.3 Å². The summed E-state index contributed by atoms with van der Waals surface area (Å²) in [5.41, 5.74) is 4.42. The number of piperidine rings is 1. The van der Waals surface area contributed by atoms with Gasteiger partial charge in [-0.3, -0.25) is 14.3 Å². The third-order valence-electron chi connectivity index (χ3n) is 6.19. The van der Waals surface area contributed by atoms with Crippen molar-refractivity contribution in [2.45, 2.75) is 59.0 Å². The van der Waals surface area contributed by atoms with E-state index in [1.165, 1.54) is 5.56 Å². The molecule has 1 aromatic carbocycles. The summed E-state index contributed by atoms with van der Waals surface area (Å²) >= 11 is 0. The average Bonchev–Trinajstić information content (AvgIpc) is 2.98. The summed E-state index contributed by atoms with van der Waals surface area (Å²) in [6.45, 7) is 7.07. The lowest BCUT2D eigenvalue weighted by Gasteiger charge is -2.33. The van der Waals surface area contributed by atoms with E-state index in [0.29, 0.717) is 12.3 Å². The fourth-order valence-corrected chi connectivity index (χ4v) is 4.27. The van der Waals surface area contributed by atoms with Crippen LogP contribution in [0.2, 0.25) is 0 Å². The van der Waals surface area contributed by atoms with Crippen LogP contribution in [0.5, 0.6) is 0 Å². The van der Waals surface area contributed by atoms with Gasteiger partial charge >= 0.3 is 5.97 Å². The molecule has 30 heavy (non-hydrogen) atoms. The first-order chi connectivity index (χ1) is 14.3. The fraction of sp³-hybridized carbons (Fsp3) is 0.542. The highest BCUT2D eigenvalue weighted by Gasteiger charge is 2.28. The van der Waals surface area contributed by atoms with E-state index in [1.54, 1.807) is 6.92 Å². The van der Waals surface area contributed by atoms with E-state index in [4.69, 9.17) is 4.74 Å². The van der Waals surface area contributed by atoms with Gasteiger partial charge < -0.3 is 9.64 Å². The first-order valence-electron chi connectivity index (χ1n) is 10.9. The molecule has 1 amide bonds. The summed E-state index contributed by atoms with van der Waals surface area (Å²) in [6.07, 6.45) is 3.13. The van der Waals surface area contributed by atoms with Crippen molar-refractivity contribution in [3.8, 4) is 0 Å². The summed E-state index contributed by atoms with van der Waals surface area (Å²) in [6, 6.07) is 10.5. The van der Waals surface area contributed by atoms with Crippen LogP contribution >= 0.6 is 0 Å². The van der Waals surface area contributed by atoms with Gasteiger partial charge in [-0.2, -0.15) is 5.10 Å². The summed E-state index contributed by atoms with van der Waals surface area (Å²) < 4.78 is 7.26. The maximum Gasteiger partial charge on any atom is 0.306 e. The molecule has 1 unspecified atom stereocenters. The van der Waals surface area contributed by atoms with E-state index < -0.39 is 6.10 Å². The van der Waals surface area contributed by atoms with Crippen molar-refractivity contribution >= 4 is 11.9 Å². The molecule has 3 rings (SSSR count). The van der Waals surface area contributed by atoms with Crippen molar-refractivity contribution < 1.29 is 14.3 Å². The van der Waals surface area contributed by atoms with Crippen LogP contribution in [0.25, 0.3) is 0 Å². The molecule has 162 valence electrons. The van der Waals surface area contributed by atoms with Crippen molar-refractivity contribution in [2.24, 2.45) is 13.0 Å².